The van der Waals surface area contributed by atoms with Crippen LogP contribution in [0.3, 0.4) is 0 Å². The topological polar surface area (TPSA) is 59.9 Å². The lowest BCUT2D eigenvalue weighted by atomic mass is 10.1. The second-order valence-corrected chi connectivity index (χ2v) is 3.36. The van der Waals surface area contributed by atoms with Crippen LogP contribution in [-0.4, -0.2) is 32.1 Å². The highest BCUT2D eigenvalue weighted by atomic mass is 16.7. The molecule has 0 spiro atoms. The third-order valence-corrected chi connectivity index (χ3v) is 1.83. The fourth-order valence-electron chi connectivity index (χ4n) is 0.714. The Morgan fingerprint density at radius 1 is 1.60 bits per heavy atom. The molecule has 0 fully saturated rings. The summed E-state index contributed by atoms with van der Waals surface area (Å²) >= 11 is 0. The molecule has 0 aromatic carbocycles. The van der Waals surface area contributed by atoms with Gasteiger partial charge in [-0.15, -0.1) is 0 Å². The van der Waals surface area contributed by atoms with E-state index < -0.39 is 0 Å². The van der Waals surface area contributed by atoms with Gasteiger partial charge in [-0.25, -0.2) is 0 Å². The number of nitrogens with zero attached hydrogens (tertiary/aromatic N) is 1. The van der Waals surface area contributed by atoms with Gasteiger partial charge in [0.1, 0.15) is 0 Å². The highest BCUT2D eigenvalue weighted by Gasteiger charge is 1.97. The highest BCUT2D eigenvalue weighted by molar-refractivity contribution is 5.76. The number of rotatable bonds is 8. The summed E-state index contributed by atoms with van der Waals surface area (Å²) in [6.45, 7) is 6.88. The van der Waals surface area contributed by atoms with Crippen LogP contribution in [0.2, 0.25) is 0 Å². The van der Waals surface area contributed by atoms with Gasteiger partial charge in [0.2, 0.25) is 12.7 Å². The Labute approximate surface area is 90.8 Å². The number of hydrogen-bond donors (Lipinski definition) is 1. The van der Waals surface area contributed by atoms with Crippen molar-refractivity contribution in [1.82, 2.24) is 5.32 Å². The van der Waals surface area contributed by atoms with Gasteiger partial charge in [-0.05, 0) is 5.92 Å². The minimum absolute atomic E-state index is 0.0885. The quantitative estimate of drug-likeness (QED) is 0.286. The molecule has 0 aromatic rings. The van der Waals surface area contributed by atoms with Crippen LogP contribution in [0, 0.1) is 5.92 Å². The molecule has 0 aliphatic rings. The second kappa shape index (κ2) is 9.45. The zero-order valence-electron chi connectivity index (χ0n) is 9.66. The van der Waals surface area contributed by atoms with Crippen LogP contribution in [0.5, 0.6) is 0 Å². The van der Waals surface area contributed by atoms with Crippen molar-refractivity contribution in [3.63, 3.8) is 0 Å². The van der Waals surface area contributed by atoms with Gasteiger partial charge in [0.05, 0.1) is 19.4 Å². The first-order chi connectivity index (χ1) is 7.16. The van der Waals surface area contributed by atoms with Crippen molar-refractivity contribution < 1.29 is 14.4 Å². The van der Waals surface area contributed by atoms with Crippen molar-refractivity contribution in [3.8, 4) is 0 Å². The van der Waals surface area contributed by atoms with Crippen molar-refractivity contribution in [3.05, 3.63) is 0 Å². The lowest BCUT2D eigenvalue weighted by molar-refractivity contribution is -0.118. The molecular formula is C10H20N2O3. The molecule has 5 nitrogen and oxygen atoms in total. The number of carbonyl (C=O) groups excluding carboxylic acids is 1. The second-order valence-electron chi connectivity index (χ2n) is 3.36. The fourth-order valence-corrected chi connectivity index (χ4v) is 0.714. The van der Waals surface area contributed by atoms with E-state index in [-0.39, 0.29) is 12.7 Å². The molecule has 0 saturated heterocycles. The minimum atomic E-state index is -0.0885. The molecular weight excluding hydrogens is 196 g/mol. The molecule has 0 rings (SSSR count). The van der Waals surface area contributed by atoms with E-state index in [0.717, 1.165) is 6.42 Å². The van der Waals surface area contributed by atoms with Gasteiger partial charge in [-0.1, -0.05) is 25.4 Å². The molecule has 1 amide bonds. The molecule has 1 N–H and O–H groups in total. The maximum atomic E-state index is 10.4. The van der Waals surface area contributed by atoms with Crippen molar-refractivity contribution in [2.75, 3.05) is 19.9 Å². The third kappa shape index (κ3) is 10.8. The van der Waals surface area contributed by atoms with E-state index in [0.29, 0.717) is 19.1 Å². The predicted octanol–water partition coefficient (Wildman–Crippen LogP) is 1.15. The van der Waals surface area contributed by atoms with E-state index in [1.54, 1.807) is 0 Å². The molecule has 1 atom stereocenters. The first-order valence-electron chi connectivity index (χ1n) is 5.12. The highest BCUT2D eigenvalue weighted by Crippen LogP contribution is 1.99. The van der Waals surface area contributed by atoms with Crippen molar-refractivity contribution in [2.45, 2.75) is 27.2 Å². The van der Waals surface area contributed by atoms with Gasteiger partial charge < -0.3 is 14.9 Å². The standard InChI is InChI=1S/C10H20N2O3/c1-4-9(2)7-14-8-15-12-6-5-11-10(3)13/h6,9H,4-5,7-8H2,1-3H3,(H,11,13)/b12-6+. The van der Waals surface area contributed by atoms with E-state index in [1.165, 1.54) is 13.1 Å². The molecule has 88 valence electrons. The van der Waals surface area contributed by atoms with Crippen LogP contribution in [-0.2, 0) is 14.4 Å². The van der Waals surface area contributed by atoms with Crippen molar-refractivity contribution in [2.24, 2.45) is 11.1 Å². The summed E-state index contributed by atoms with van der Waals surface area (Å²) in [6.07, 6.45) is 2.57. The Morgan fingerprint density at radius 3 is 2.93 bits per heavy atom. The van der Waals surface area contributed by atoms with Gasteiger partial charge in [-0.3, -0.25) is 4.79 Å². The molecule has 0 saturated carbocycles. The van der Waals surface area contributed by atoms with Gasteiger partial charge >= 0.3 is 0 Å². The first-order valence-corrected chi connectivity index (χ1v) is 5.12. The normalized spacial score (nSPS) is 12.7. The zero-order chi connectivity index (χ0) is 11.5. The minimum Gasteiger partial charge on any atom is -0.367 e. The largest absolute Gasteiger partial charge is 0.367 e. The summed E-state index contributed by atoms with van der Waals surface area (Å²) in [5, 5.41) is 6.16. The van der Waals surface area contributed by atoms with E-state index in [4.69, 9.17) is 9.57 Å². The number of carbonyl (C=O) groups is 1. The summed E-state index contributed by atoms with van der Waals surface area (Å²) < 4.78 is 5.19. The van der Waals surface area contributed by atoms with Crippen LogP contribution in [0.15, 0.2) is 5.16 Å². The van der Waals surface area contributed by atoms with Gasteiger partial charge in [-0.2, -0.15) is 0 Å². The summed E-state index contributed by atoms with van der Waals surface area (Å²) in [6, 6.07) is 0. The third-order valence-electron chi connectivity index (χ3n) is 1.83. The van der Waals surface area contributed by atoms with E-state index in [2.05, 4.69) is 24.3 Å². The predicted molar refractivity (Wildman–Crippen MR) is 58.5 cm³/mol. The molecule has 0 heterocycles. The maximum Gasteiger partial charge on any atom is 0.217 e. The number of hydrogen-bond acceptors (Lipinski definition) is 4. The number of amides is 1. The SMILES string of the molecule is CCC(C)COCO/N=C/CNC(C)=O. The molecule has 0 aliphatic carbocycles. The van der Waals surface area contributed by atoms with Gasteiger partial charge in [0.25, 0.3) is 0 Å². The Bertz CT molecular complexity index is 195. The summed E-state index contributed by atoms with van der Waals surface area (Å²) in [5.41, 5.74) is 0. The summed E-state index contributed by atoms with van der Waals surface area (Å²) in [5.74, 6) is 0.450. The van der Waals surface area contributed by atoms with Crippen molar-refractivity contribution in [1.29, 1.82) is 0 Å². The molecule has 5 heteroatoms. The smallest absolute Gasteiger partial charge is 0.217 e. The fraction of sp³-hybridized carbons (Fsp3) is 0.800. The van der Waals surface area contributed by atoms with Gasteiger partial charge in [0.15, 0.2) is 0 Å². The monoisotopic (exact) mass is 216 g/mol. The Balaban J connectivity index is 3.20. The van der Waals surface area contributed by atoms with Crippen molar-refractivity contribution >= 4 is 12.1 Å². The molecule has 15 heavy (non-hydrogen) atoms. The molecule has 0 aliphatic heterocycles. The van der Waals surface area contributed by atoms with Crippen LogP contribution in [0.25, 0.3) is 0 Å². The number of nitrogens with one attached hydrogen (secondary N) is 1. The molecule has 0 aromatic heterocycles. The molecule has 0 radical (unpaired) electrons. The van der Waals surface area contributed by atoms with Gasteiger partial charge in [0, 0.05) is 6.92 Å². The summed E-state index contributed by atoms with van der Waals surface area (Å²) in [4.78, 5) is 15.3. The Kier molecular flexibility index (Phi) is 8.76. The number of ether oxygens (including phenoxy) is 1. The van der Waals surface area contributed by atoms with Crippen LogP contribution in [0.1, 0.15) is 27.2 Å². The van der Waals surface area contributed by atoms with Crippen LogP contribution >= 0.6 is 0 Å². The Hall–Kier alpha value is -1.10. The van der Waals surface area contributed by atoms with Crippen LogP contribution < -0.4 is 5.32 Å². The average Bonchev–Trinajstić information content (AvgIpc) is 2.21. The zero-order valence-corrected chi connectivity index (χ0v) is 9.66. The maximum absolute atomic E-state index is 10.4. The lowest BCUT2D eigenvalue weighted by Crippen LogP contribution is -2.21. The molecule has 0 bridgehead atoms. The Morgan fingerprint density at radius 2 is 2.33 bits per heavy atom. The number of oxime groups is 1. The van der Waals surface area contributed by atoms with Crippen LogP contribution in [0.4, 0.5) is 0 Å². The summed E-state index contributed by atoms with van der Waals surface area (Å²) in [7, 11) is 0. The lowest BCUT2D eigenvalue weighted by Gasteiger charge is -2.07. The van der Waals surface area contributed by atoms with E-state index in [9.17, 15) is 4.79 Å². The van der Waals surface area contributed by atoms with E-state index in [1.807, 2.05) is 0 Å². The average molecular weight is 216 g/mol. The van der Waals surface area contributed by atoms with E-state index >= 15 is 0 Å². The molecule has 1 unspecified atom stereocenters. The first kappa shape index (κ1) is 13.9.